The Bertz CT molecular complexity index is 881. The van der Waals surface area contributed by atoms with E-state index in [0.717, 1.165) is 24.1 Å². The van der Waals surface area contributed by atoms with Gasteiger partial charge in [0.05, 0.1) is 6.04 Å². The summed E-state index contributed by atoms with van der Waals surface area (Å²) in [6, 6.07) is 19.4. The lowest BCUT2D eigenvalue weighted by Crippen LogP contribution is -2.12. The van der Waals surface area contributed by atoms with E-state index in [9.17, 15) is 4.79 Å². The van der Waals surface area contributed by atoms with Crippen molar-refractivity contribution in [2.45, 2.75) is 53.5 Å². The molecule has 1 N–H and O–H groups in total. The summed E-state index contributed by atoms with van der Waals surface area (Å²) >= 11 is 0. The van der Waals surface area contributed by atoms with Gasteiger partial charge >= 0.3 is 0 Å². The number of nitrogens with zero attached hydrogens (tertiary/aromatic N) is 1. The van der Waals surface area contributed by atoms with Crippen LogP contribution in [0.15, 0.2) is 67.0 Å². The number of benzene rings is 2. The molecule has 0 radical (unpaired) electrons. The van der Waals surface area contributed by atoms with Crippen molar-refractivity contribution in [1.82, 2.24) is 4.57 Å². The summed E-state index contributed by atoms with van der Waals surface area (Å²) in [6.07, 6.45) is 6.37. The number of amides is 1. The van der Waals surface area contributed by atoms with E-state index >= 15 is 0 Å². The second kappa shape index (κ2) is 10.5. The van der Waals surface area contributed by atoms with Crippen LogP contribution >= 0.6 is 0 Å². The maximum Gasteiger partial charge on any atom is 0.221 e. The Morgan fingerprint density at radius 3 is 2.32 bits per heavy atom. The molecule has 1 amide bonds. The van der Waals surface area contributed by atoms with E-state index in [-0.39, 0.29) is 11.9 Å². The van der Waals surface area contributed by atoms with Gasteiger partial charge in [0.25, 0.3) is 0 Å². The van der Waals surface area contributed by atoms with Gasteiger partial charge < -0.3 is 9.88 Å². The van der Waals surface area contributed by atoms with E-state index in [1.807, 2.05) is 26.8 Å². The van der Waals surface area contributed by atoms with Gasteiger partial charge in [0.2, 0.25) is 5.91 Å². The molecule has 0 aliphatic heterocycles. The molecule has 1 unspecified atom stereocenters. The van der Waals surface area contributed by atoms with Gasteiger partial charge in [-0.1, -0.05) is 63.2 Å². The fourth-order valence-corrected chi connectivity index (χ4v) is 3.34. The first-order valence-electron chi connectivity index (χ1n) is 10.1. The van der Waals surface area contributed by atoms with Gasteiger partial charge in [-0.25, -0.2) is 0 Å². The van der Waals surface area contributed by atoms with Gasteiger partial charge in [-0.2, -0.15) is 0 Å². The van der Waals surface area contributed by atoms with Gasteiger partial charge in [0.15, 0.2) is 0 Å². The first-order valence-corrected chi connectivity index (χ1v) is 10.1. The quantitative estimate of drug-likeness (QED) is 0.548. The largest absolute Gasteiger partial charge is 0.346 e. The highest BCUT2D eigenvalue weighted by Gasteiger charge is 2.15. The van der Waals surface area contributed by atoms with E-state index < -0.39 is 0 Å². The highest BCUT2D eigenvalue weighted by molar-refractivity contribution is 5.89. The molecule has 1 heterocycles. The smallest absolute Gasteiger partial charge is 0.221 e. The molecule has 3 aromatic rings. The third-order valence-electron chi connectivity index (χ3n) is 4.76. The summed E-state index contributed by atoms with van der Waals surface area (Å²) in [6.45, 7) is 9.76. The number of rotatable bonds is 6. The van der Waals surface area contributed by atoms with Crippen LogP contribution in [-0.2, 0) is 17.6 Å². The number of carbonyl (C=O) groups excluding carboxylic acids is 1. The van der Waals surface area contributed by atoms with Crippen molar-refractivity contribution in [1.29, 1.82) is 0 Å². The van der Waals surface area contributed by atoms with Crippen LogP contribution in [0.25, 0.3) is 0 Å². The number of hydrogen-bond acceptors (Lipinski definition) is 1. The molecule has 0 saturated carbocycles. The minimum atomic E-state index is -0.0394. The summed E-state index contributed by atoms with van der Waals surface area (Å²) in [5, 5.41) is 2.88. The zero-order chi connectivity index (χ0) is 20.5. The molecule has 0 saturated heterocycles. The normalized spacial score (nSPS) is 11.3. The lowest BCUT2D eigenvalue weighted by Gasteiger charge is -2.21. The number of anilines is 1. The molecular weight excluding hydrogens is 344 g/mol. The lowest BCUT2D eigenvalue weighted by molar-refractivity contribution is -0.114. The second-order valence-corrected chi connectivity index (χ2v) is 6.78. The van der Waals surface area contributed by atoms with Crippen LogP contribution in [0.2, 0.25) is 0 Å². The number of hydrogen-bond donors (Lipinski definition) is 1. The van der Waals surface area contributed by atoms with E-state index in [4.69, 9.17) is 0 Å². The molecule has 148 valence electrons. The summed E-state index contributed by atoms with van der Waals surface area (Å²) in [7, 11) is 0. The molecule has 1 atom stereocenters. The van der Waals surface area contributed by atoms with Gasteiger partial charge in [-0.05, 0) is 54.2 Å². The molecule has 0 fully saturated rings. The van der Waals surface area contributed by atoms with Gasteiger partial charge in [-0.15, -0.1) is 0 Å². The fraction of sp³-hybridized carbons (Fsp3) is 0.320. The van der Waals surface area contributed by atoms with Crippen LogP contribution in [0.3, 0.4) is 0 Å². The van der Waals surface area contributed by atoms with Crippen LogP contribution in [0.4, 0.5) is 5.69 Å². The van der Waals surface area contributed by atoms with E-state index in [1.54, 1.807) is 0 Å². The van der Waals surface area contributed by atoms with Crippen molar-refractivity contribution < 1.29 is 4.79 Å². The maximum atomic E-state index is 11.3. The van der Waals surface area contributed by atoms with Crippen LogP contribution < -0.4 is 5.32 Å². The van der Waals surface area contributed by atoms with E-state index in [0.29, 0.717) is 0 Å². The van der Waals surface area contributed by atoms with Crippen LogP contribution in [-0.4, -0.2) is 10.5 Å². The van der Waals surface area contributed by atoms with Crippen LogP contribution in [0.5, 0.6) is 0 Å². The highest BCUT2D eigenvalue weighted by atomic mass is 16.1. The van der Waals surface area contributed by atoms with Crippen molar-refractivity contribution in [3.8, 4) is 0 Å². The molecule has 3 heteroatoms. The van der Waals surface area contributed by atoms with Crippen molar-refractivity contribution in [2.24, 2.45) is 0 Å². The van der Waals surface area contributed by atoms with Crippen LogP contribution in [0, 0.1) is 6.92 Å². The zero-order valence-electron chi connectivity index (χ0n) is 17.7. The second-order valence-electron chi connectivity index (χ2n) is 6.78. The number of aromatic nitrogens is 1. The Balaban J connectivity index is 0.00000136. The molecule has 3 nitrogen and oxygen atoms in total. The summed E-state index contributed by atoms with van der Waals surface area (Å²) in [4.78, 5) is 11.3. The first kappa shape index (κ1) is 21.5. The van der Waals surface area contributed by atoms with E-state index in [2.05, 4.69) is 77.7 Å². The number of carbonyl (C=O) groups is 1. The van der Waals surface area contributed by atoms with Gasteiger partial charge in [0, 0.05) is 25.0 Å². The van der Waals surface area contributed by atoms with Crippen LogP contribution in [0.1, 0.15) is 56.0 Å². The average molecular weight is 377 g/mol. The predicted molar refractivity (Wildman–Crippen MR) is 119 cm³/mol. The molecule has 0 aliphatic carbocycles. The Morgan fingerprint density at radius 1 is 1.04 bits per heavy atom. The molecule has 3 rings (SSSR count). The third kappa shape index (κ3) is 5.59. The SMILES string of the molecule is CC.CCc1ccn(C(Cc2ccc(NC(C)=O)c(C)c2)c2ccccc2)c1. The van der Waals surface area contributed by atoms with Crippen molar-refractivity contribution in [3.63, 3.8) is 0 Å². The molecular formula is C25H32N2O. The van der Waals surface area contributed by atoms with E-state index in [1.165, 1.54) is 23.6 Å². The molecule has 0 aliphatic rings. The minimum Gasteiger partial charge on any atom is -0.346 e. The third-order valence-corrected chi connectivity index (χ3v) is 4.76. The first-order chi connectivity index (χ1) is 13.6. The maximum absolute atomic E-state index is 11.3. The molecule has 2 aromatic carbocycles. The predicted octanol–water partition coefficient (Wildman–Crippen LogP) is 6.18. The molecule has 0 bridgehead atoms. The minimum absolute atomic E-state index is 0.0394. The molecule has 1 aromatic heterocycles. The number of aryl methyl sites for hydroxylation is 2. The van der Waals surface area contributed by atoms with Gasteiger partial charge in [0.1, 0.15) is 0 Å². The number of nitrogens with one attached hydrogen (secondary N) is 1. The Labute approximate surface area is 169 Å². The fourth-order valence-electron chi connectivity index (χ4n) is 3.34. The summed E-state index contributed by atoms with van der Waals surface area (Å²) in [5.41, 5.74) is 5.88. The van der Waals surface area contributed by atoms with Crippen molar-refractivity contribution in [3.05, 3.63) is 89.2 Å². The Hall–Kier alpha value is -2.81. The zero-order valence-corrected chi connectivity index (χ0v) is 17.7. The van der Waals surface area contributed by atoms with Crippen molar-refractivity contribution >= 4 is 11.6 Å². The molecule has 0 spiro atoms. The standard InChI is InChI=1S/C23H26N2O.C2H6/c1-4-19-12-13-25(16-19)23(21-8-6-5-7-9-21)15-20-10-11-22(17(2)14-20)24-18(3)26;1-2/h5-14,16,23H,4,15H2,1-3H3,(H,24,26);1-2H3. The Morgan fingerprint density at radius 2 is 1.75 bits per heavy atom. The van der Waals surface area contributed by atoms with Gasteiger partial charge in [-0.3, -0.25) is 4.79 Å². The molecule has 28 heavy (non-hydrogen) atoms. The highest BCUT2D eigenvalue weighted by Crippen LogP contribution is 2.26. The topological polar surface area (TPSA) is 34.0 Å². The average Bonchev–Trinajstić information content (AvgIpc) is 3.19. The lowest BCUT2D eigenvalue weighted by atomic mass is 9.97. The monoisotopic (exact) mass is 376 g/mol. The van der Waals surface area contributed by atoms with Crippen molar-refractivity contribution in [2.75, 3.05) is 5.32 Å². The summed E-state index contributed by atoms with van der Waals surface area (Å²) in [5.74, 6) is -0.0394. The summed E-state index contributed by atoms with van der Waals surface area (Å²) < 4.78 is 2.31. The Kier molecular flexibility index (Phi) is 8.06.